The number of rotatable bonds is 10. The first kappa shape index (κ1) is 32.0. The van der Waals surface area contributed by atoms with Crippen LogP contribution in [-0.4, -0.2) is 98.1 Å². The van der Waals surface area contributed by atoms with Gasteiger partial charge in [-0.3, -0.25) is 14.5 Å². The molecule has 0 bridgehead atoms. The van der Waals surface area contributed by atoms with Gasteiger partial charge in [-0.25, -0.2) is 4.98 Å². The van der Waals surface area contributed by atoms with E-state index >= 15 is 0 Å². The van der Waals surface area contributed by atoms with Gasteiger partial charge in [0.25, 0.3) is 5.91 Å². The molecule has 2 aromatic carbocycles. The van der Waals surface area contributed by atoms with Crippen LogP contribution in [0.25, 0.3) is 0 Å². The van der Waals surface area contributed by atoms with Crippen molar-refractivity contribution in [1.29, 1.82) is 0 Å². The highest BCUT2D eigenvalue weighted by Crippen LogP contribution is 2.39. The quantitative estimate of drug-likeness (QED) is 0.240. The average molecular weight is 634 g/mol. The molecule has 238 valence electrons. The maximum Gasteiger partial charge on any atom is 0.253 e. The van der Waals surface area contributed by atoms with Gasteiger partial charge in [0.05, 0.1) is 41.6 Å². The molecular weight excluding hydrogens is 594 g/mol. The molecule has 2 aliphatic rings. The molecule has 3 heterocycles. The van der Waals surface area contributed by atoms with Gasteiger partial charge in [-0.1, -0.05) is 30.3 Å². The van der Waals surface area contributed by atoms with E-state index in [0.29, 0.717) is 40.2 Å². The summed E-state index contributed by atoms with van der Waals surface area (Å²) in [5, 5.41) is 12.2. The number of amides is 2. The lowest BCUT2D eigenvalue weighted by Gasteiger charge is -2.43. The van der Waals surface area contributed by atoms with E-state index in [4.69, 9.17) is 16.3 Å². The molecule has 4 N–H and O–H groups in total. The number of benzene rings is 2. The summed E-state index contributed by atoms with van der Waals surface area (Å²) >= 11 is 6.44. The van der Waals surface area contributed by atoms with Gasteiger partial charge < -0.3 is 35.8 Å². The Kier molecular flexibility index (Phi) is 10.4. The summed E-state index contributed by atoms with van der Waals surface area (Å²) in [6.45, 7) is 9.43. The standard InChI is InChI=1S/C32H40ClN9O3/c1-5-29(43)36-25-18-26(28(45-4)19-27(25)42-16-14-41(15-17-42)21-10-12-40(3)13-11-21)38-32-35-20-23(33)30(39-32)37-24-9-7-6-8-22(24)31(44)34-2/h5-9,18-21H,1,10-17H2,2-4H3,(H,34,44)(H,36,43)(H2,35,37,38,39). The second-order valence-electron chi connectivity index (χ2n) is 11.1. The number of likely N-dealkylation sites (tertiary alicyclic amines) is 1. The molecule has 2 aliphatic heterocycles. The fourth-order valence-corrected chi connectivity index (χ4v) is 5.90. The lowest BCUT2D eigenvalue weighted by molar-refractivity contribution is -0.111. The molecule has 2 saturated heterocycles. The van der Waals surface area contributed by atoms with Crippen molar-refractivity contribution in [1.82, 2.24) is 25.1 Å². The number of piperazine rings is 1. The number of halogens is 1. The molecular formula is C32H40ClN9O3. The third-order valence-electron chi connectivity index (χ3n) is 8.26. The summed E-state index contributed by atoms with van der Waals surface area (Å²) in [5.74, 6) is 0.532. The van der Waals surface area contributed by atoms with Crippen LogP contribution in [0.5, 0.6) is 5.75 Å². The number of carbonyl (C=O) groups is 2. The molecule has 13 heteroatoms. The molecule has 0 atom stereocenters. The van der Waals surface area contributed by atoms with Crippen LogP contribution in [0.2, 0.25) is 5.02 Å². The van der Waals surface area contributed by atoms with Gasteiger partial charge >= 0.3 is 0 Å². The van der Waals surface area contributed by atoms with Crippen molar-refractivity contribution in [2.45, 2.75) is 18.9 Å². The molecule has 0 saturated carbocycles. The van der Waals surface area contributed by atoms with Crippen molar-refractivity contribution in [2.24, 2.45) is 0 Å². The van der Waals surface area contributed by atoms with E-state index in [1.165, 1.54) is 25.1 Å². The average Bonchev–Trinajstić information content (AvgIpc) is 3.06. The van der Waals surface area contributed by atoms with Gasteiger partial charge in [0.15, 0.2) is 5.82 Å². The minimum absolute atomic E-state index is 0.234. The van der Waals surface area contributed by atoms with Crippen molar-refractivity contribution in [3.63, 3.8) is 0 Å². The number of methoxy groups -OCH3 is 1. The van der Waals surface area contributed by atoms with Crippen LogP contribution in [0.15, 0.2) is 55.3 Å². The normalized spacial score (nSPS) is 16.1. The molecule has 3 aromatic rings. The minimum Gasteiger partial charge on any atom is -0.494 e. The summed E-state index contributed by atoms with van der Waals surface area (Å²) < 4.78 is 5.79. The van der Waals surface area contributed by atoms with Crippen LogP contribution < -0.4 is 30.9 Å². The molecule has 45 heavy (non-hydrogen) atoms. The number of para-hydroxylation sites is 1. The third-order valence-corrected chi connectivity index (χ3v) is 8.54. The van der Waals surface area contributed by atoms with Crippen molar-refractivity contribution in [2.75, 3.05) is 81.3 Å². The monoisotopic (exact) mass is 633 g/mol. The zero-order valence-electron chi connectivity index (χ0n) is 25.9. The van der Waals surface area contributed by atoms with E-state index in [0.717, 1.165) is 45.0 Å². The van der Waals surface area contributed by atoms with E-state index in [-0.39, 0.29) is 22.8 Å². The van der Waals surface area contributed by atoms with E-state index in [2.05, 4.69) is 59.6 Å². The third kappa shape index (κ3) is 7.64. The van der Waals surface area contributed by atoms with Crippen molar-refractivity contribution < 1.29 is 14.3 Å². The Hall–Kier alpha value is -4.39. The van der Waals surface area contributed by atoms with Crippen molar-refractivity contribution in [3.8, 4) is 5.75 Å². The highest BCUT2D eigenvalue weighted by molar-refractivity contribution is 6.33. The number of anilines is 6. The first-order valence-electron chi connectivity index (χ1n) is 15.0. The SMILES string of the molecule is C=CC(=O)Nc1cc(Nc2ncc(Cl)c(Nc3ccccc3C(=O)NC)n2)c(OC)cc1N1CCN(C2CCN(C)CC2)CC1. The Morgan fingerprint density at radius 1 is 1.02 bits per heavy atom. The molecule has 2 amide bonds. The maximum absolute atomic E-state index is 12.5. The fraction of sp³-hybridized carbons (Fsp3) is 0.375. The Balaban J connectivity index is 1.39. The van der Waals surface area contributed by atoms with E-state index < -0.39 is 0 Å². The number of carbonyl (C=O) groups excluding carboxylic acids is 2. The Bertz CT molecular complexity index is 1540. The lowest BCUT2D eigenvalue weighted by Crippen LogP contribution is -2.53. The summed E-state index contributed by atoms with van der Waals surface area (Å²) in [4.78, 5) is 41.0. The van der Waals surface area contributed by atoms with E-state index in [9.17, 15) is 9.59 Å². The first-order valence-corrected chi connectivity index (χ1v) is 15.4. The lowest BCUT2D eigenvalue weighted by atomic mass is 10.0. The zero-order chi connectivity index (χ0) is 31.9. The zero-order valence-corrected chi connectivity index (χ0v) is 26.7. The number of nitrogens with zero attached hydrogens (tertiary/aromatic N) is 5. The summed E-state index contributed by atoms with van der Waals surface area (Å²) in [6.07, 6.45) is 5.09. The molecule has 12 nitrogen and oxygen atoms in total. The van der Waals surface area contributed by atoms with Crippen molar-refractivity contribution in [3.05, 3.63) is 65.8 Å². The van der Waals surface area contributed by atoms with Gasteiger partial charge in [0.1, 0.15) is 10.8 Å². The molecule has 2 fully saturated rings. The smallest absolute Gasteiger partial charge is 0.253 e. The number of piperidine rings is 1. The van der Waals surface area contributed by atoms with Crippen LogP contribution in [0, 0.1) is 0 Å². The van der Waals surface area contributed by atoms with Crippen LogP contribution in [0.1, 0.15) is 23.2 Å². The highest BCUT2D eigenvalue weighted by atomic mass is 35.5. The number of hydrogen-bond donors (Lipinski definition) is 4. The van der Waals surface area contributed by atoms with E-state index in [1.54, 1.807) is 32.4 Å². The Labute approximate surface area is 268 Å². The number of ether oxygens (including phenoxy) is 1. The van der Waals surface area contributed by atoms with Gasteiger partial charge in [-0.05, 0) is 57.3 Å². The molecule has 0 aliphatic carbocycles. The first-order chi connectivity index (χ1) is 21.8. The second kappa shape index (κ2) is 14.6. The summed E-state index contributed by atoms with van der Waals surface area (Å²) in [7, 11) is 5.35. The fourth-order valence-electron chi connectivity index (χ4n) is 5.76. The molecule has 0 unspecified atom stereocenters. The topological polar surface area (TPSA) is 127 Å². The molecule has 0 radical (unpaired) electrons. The van der Waals surface area contributed by atoms with Crippen LogP contribution >= 0.6 is 11.6 Å². The number of nitrogens with one attached hydrogen (secondary N) is 4. The predicted molar refractivity (Wildman–Crippen MR) is 180 cm³/mol. The second-order valence-corrected chi connectivity index (χ2v) is 11.5. The van der Waals surface area contributed by atoms with E-state index in [1.807, 2.05) is 18.2 Å². The molecule has 1 aromatic heterocycles. The van der Waals surface area contributed by atoms with Crippen LogP contribution in [-0.2, 0) is 4.79 Å². The van der Waals surface area contributed by atoms with Crippen LogP contribution in [0.3, 0.4) is 0 Å². The van der Waals surface area contributed by atoms with Gasteiger partial charge in [-0.15, -0.1) is 0 Å². The van der Waals surface area contributed by atoms with Gasteiger partial charge in [0, 0.05) is 45.3 Å². The molecule has 0 spiro atoms. The molecule has 5 rings (SSSR count). The summed E-state index contributed by atoms with van der Waals surface area (Å²) in [6, 6.07) is 11.4. The Morgan fingerprint density at radius 3 is 2.44 bits per heavy atom. The largest absolute Gasteiger partial charge is 0.494 e. The highest BCUT2D eigenvalue weighted by Gasteiger charge is 2.28. The van der Waals surface area contributed by atoms with Crippen LogP contribution in [0.4, 0.5) is 34.5 Å². The number of hydrogen-bond acceptors (Lipinski definition) is 10. The van der Waals surface area contributed by atoms with Gasteiger partial charge in [-0.2, -0.15) is 4.98 Å². The van der Waals surface area contributed by atoms with Gasteiger partial charge in [0.2, 0.25) is 11.9 Å². The minimum atomic E-state index is -0.318. The maximum atomic E-state index is 12.5. The Morgan fingerprint density at radius 2 is 1.76 bits per heavy atom. The predicted octanol–water partition coefficient (Wildman–Crippen LogP) is 4.33. The number of aromatic nitrogens is 2. The van der Waals surface area contributed by atoms with Crippen molar-refractivity contribution >= 4 is 57.9 Å². The summed E-state index contributed by atoms with van der Waals surface area (Å²) in [5.41, 5.74) is 3.00.